The summed E-state index contributed by atoms with van der Waals surface area (Å²) in [5.74, 6) is 1.68. The van der Waals surface area contributed by atoms with Gasteiger partial charge in [0.1, 0.15) is 11.5 Å². The summed E-state index contributed by atoms with van der Waals surface area (Å²) in [6.07, 6.45) is 0. The summed E-state index contributed by atoms with van der Waals surface area (Å²) in [7, 11) is 4.98. The number of benzene rings is 1. The van der Waals surface area contributed by atoms with E-state index in [0.717, 1.165) is 23.6 Å². The molecule has 5 nitrogen and oxygen atoms in total. The van der Waals surface area contributed by atoms with Gasteiger partial charge in [-0.3, -0.25) is 0 Å². The molecule has 0 saturated heterocycles. The Morgan fingerprint density at radius 3 is 2.53 bits per heavy atom. The number of rotatable bonds is 10. The van der Waals surface area contributed by atoms with E-state index < -0.39 is 0 Å². The Bertz CT molecular complexity index is 357. The van der Waals surface area contributed by atoms with E-state index >= 15 is 0 Å². The van der Waals surface area contributed by atoms with Crippen LogP contribution in [0.3, 0.4) is 0 Å². The average molecular weight is 269 g/mol. The van der Waals surface area contributed by atoms with Crippen molar-refractivity contribution in [1.29, 1.82) is 0 Å². The zero-order chi connectivity index (χ0) is 13.9. The van der Waals surface area contributed by atoms with Crippen LogP contribution in [0.25, 0.3) is 0 Å². The molecule has 0 heterocycles. The van der Waals surface area contributed by atoms with Crippen LogP contribution in [0, 0.1) is 0 Å². The Labute approximate surface area is 114 Å². The third kappa shape index (κ3) is 5.92. The fourth-order valence-electron chi connectivity index (χ4n) is 1.63. The number of hydrogen-bond acceptors (Lipinski definition) is 5. The molecule has 0 bridgehead atoms. The second-order valence-electron chi connectivity index (χ2n) is 3.96. The minimum atomic E-state index is 0.626. The third-order valence-corrected chi connectivity index (χ3v) is 2.66. The lowest BCUT2D eigenvalue weighted by atomic mass is 10.2. The molecule has 0 atom stereocenters. The van der Waals surface area contributed by atoms with Gasteiger partial charge >= 0.3 is 0 Å². The summed E-state index contributed by atoms with van der Waals surface area (Å²) >= 11 is 0. The summed E-state index contributed by atoms with van der Waals surface area (Å²) in [6.45, 7) is 3.41. The summed E-state index contributed by atoms with van der Waals surface area (Å²) in [5, 5.41) is 3.30. The minimum Gasteiger partial charge on any atom is -0.497 e. The van der Waals surface area contributed by atoms with Gasteiger partial charge in [-0.05, 0) is 18.2 Å². The zero-order valence-electron chi connectivity index (χ0n) is 11.9. The van der Waals surface area contributed by atoms with Crippen molar-refractivity contribution in [2.45, 2.75) is 6.54 Å². The molecule has 0 fully saturated rings. The highest BCUT2D eigenvalue weighted by molar-refractivity contribution is 5.40. The summed E-state index contributed by atoms with van der Waals surface area (Å²) < 4.78 is 20.8. The summed E-state index contributed by atoms with van der Waals surface area (Å²) in [4.78, 5) is 0. The molecule has 1 aromatic rings. The van der Waals surface area contributed by atoms with Crippen molar-refractivity contribution < 1.29 is 18.9 Å². The van der Waals surface area contributed by atoms with E-state index in [9.17, 15) is 0 Å². The molecule has 5 heteroatoms. The van der Waals surface area contributed by atoms with Crippen LogP contribution in [0.15, 0.2) is 18.2 Å². The first-order valence-electron chi connectivity index (χ1n) is 6.30. The molecule has 0 amide bonds. The topological polar surface area (TPSA) is 49.0 Å². The van der Waals surface area contributed by atoms with Crippen LogP contribution >= 0.6 is 0 Å². The Hall–Kier alpha value is -1.30. The SMILES string of the molecule is COCCOCCNCc1cc(OC)ccc1OC. The van der Waals surface area contributed by atoms with Crippen molar-refractivity contribution in [2.75, 3.05) is 47.7 Å². The molecule has 0 aliphatic heterocycles. The zero-order valence-corrected chi connectivity index (χ0v) is 11.9. The first-order chi connectivity index (χ1) is 9.31. The quantitative estimate of drug-likeness (QED) is 0.652. The minimum absolute atomic E-state index is 0.626. The van der Waals surface area contributed by atoms with Crippen molar-refractivity contribution in [3.8, 4) is 11.5 Å². The van der Waals surface area contributed by atoms with E-state index in [0.29, 0.717) is 26.4 Å². The van der Waals surface area contributed by atoms with Crippen molar-refractivity contribution >= 4 is 0 Å². The lowest BCUT2D eigenvalue weighted by Crippen LogP contribution is -2.20. The fourth-order valence-corrected chi connectivity index (χ4v) is 1.63. The van der Waals surface area contributed by atoms with Gasteiger partial charge in [0.25, 0.3) is 0 Å². The maximum Gasteiger partial charge on any atom is 0.123 e. The molecule has 0 aromatic heterocycles. The largest absolute Gasteiger partial charge is 0.497 e. The number of methoxy groups -OCH3 is 3. The highest BCUT2D eigenvalue weighted by Crippen LogP contribution is 2.23. The number of ether oxygens (including phenoxy) is 4. The van der Waals surface area contributed by atoms with Gasteiger partial charge in [-0.25, -0.2) is 0 Å². The molecule has 1 aromatic carbocycles. The van der Waals surface area contributed by atoms with Gasteiger partial charge in [0.15, 0.2) is 0 Å². The van der Waals surface area contributed by atoms with E-state index in [4.69, 9.17) is 18.9 Å². The van der Waals surface area contributed by atoms with Crippen molar-refractivity contribution in [3.63, 3.8) is 0 Å². The average Bonchev–Trinajstić information content (AvgIpc) is 2.46. The van der Waals surface area contributed by atoms with Crippen LogP contribution in [0.4, 0.5) is 0 Å². The summed E-state index contributed by atoms with van der Waals surface area (Å²) in [5.41, 5.74) is 1.07. The first kappa shape index (κ1) is 15.8. The monoisotopic (exact) mass is 269 g/mol. The van der Waals surface area contributed by atoms with Crippen LogP contribution in [0.1, 0.15) is 5.56 Å². The lowest BCUT2D eigenvalue weighted by Gasteiger charge is -2.11. The van der Waals surface area contributed by atoms with Crippen molar-refractivity contribution in [2.24, 2.45) is 0 Å². The molecule has 1 rings (SSSR count). The van der Waals surface area contributed by atoms with Crippen LogP contribution in [-0.4, -0.2) is 47.7 Å². The molecule has 0 spiro atoms. The van der Waals surface area contributed by atoms with Crippen molar-refractivity contribution in [3.05, 3.63) is 23.8 Å². The van der Waals surface area contributed by atoms with Crippen LogP contribution in [-0.2, 0) is 16.0 Å². The van der Waals surface area contributed by atoms with Gasteiger partial charge in [0.2, 0.25) is 0 Å². The lowest BCUT2D eigenvalue weighted by molar-refractivity contribution is 0.0719. The molecule has 0 unspecified atom stereocenters. The Morgan fingerprint density at radius 1 is 1.00 bits per heavy atom. The predicted octanol–water partition coefficient (Wildman–Crippen LogP) is 1.46. The fraction of sp³-hybridized carbons (Fsp3) is 0.571. The standard InChI is InChI=1S/C14H23NO4/c1-16-8-9-19-7-6-15-11-12-10-13(17-2)4-5-14(12)18-3/h4-5,10,15H,6-9,11H2,1-3H3. The van der Waals surface area contributed by atoms with Gasteiger partial charge in [0.05, 0.1) is 34.0 Å². The van der Waals surface area contributed by atoms with E-state index in [-0.39, 0.29) is 0 Å². The normalized spacial score (nSPS) is 10.5. The van der Waals surface area contributed by atoms with Gasteiger partial charge in [-0.15, -0.1) is 0 Å². The molecule has 0 saturated carbocycles. The second-order valence-corrected chi connectivity index (χ2v) is 3.96. The summed E-state index contributed by atoms with van der Waals surface area (Å²) in [6, 6.07) is 5.76. The number of hydrogen-bond donors (Lipinski definition) is 1. The van der Waals surface area contributed by atoms with Gasteiger partial charge in [0, 0.05) is 25.8 Å². The second kappa shape index (κ2) is 9.61. The number of nitrogens with one attached hydrogen (secondary N) is 1. The maximum atomic E-state index is 5.37. The molecule has 1 N–H and O–H groups in total. The highest BCUT2D eigenvalue weighted by atomic mass is 16.5. The predicted molar refractivity (Wildman–Crippen MR) is 73.9 cm³/mol. The van der Waals surface area contributed by atoms with E-state index in [1.54, 1.807) is 21.3 Å². The molecular formula is C14H23NO4. The molecule has 0 aliphatic rings. The van der Waals surface area contributed by atoms with Crippen molar-refractivity contribution in [1.82, 2.24) is 5.32 Å². The van der Waals surface area contributed by atoms with Crippen LogP contribution in [0.5, 0.6) is 11.5 Å². The van der Waals surface area contributed by atoms with E-state index in [1.807, 2.05) is 18.2 Å². The van der Waals surface area contributed by atoms with Gasteiger partial charge in [-0.2, -0.15) is 0 Å². The molecular weight excluding hydrogens is 246 g/mol. The Kier molecular flexibility index (Phi) is 7.97. The third-order valence-electron chi connectivity index (χ3n) is 2.66. The van der Waals surface area contributed by atoms with Gasteiger partial charge in [-0.1, -0.05) is 0 Å². The Morgan fingerprint density at radius 2 is 1.84 bits per heavy atom. The van der Waals surface area contributed by atoms with Crippen LogP contribution < -0.4 is 14.8 Å². The molecule has 0 aliphatic carbocycles. The Balaban J connectivity index is 2.31. The first-order valence-corrected chi connectivity index (χ1v) is 6.30. The molecule has 0 radical (unpaired) electrons. The van der Waals surface area contributed by atoms with E-state index in [2.05, 4.69) is 5.32 Å². The highest BCUT2D eigenvalue weighted by Gasteiger charge is 2.04. The molecule has 19 heavy (non-hydrogen) atoms. The van der Waals surface area contributed by atoms with E-state index in [1.165, 1.54) is 0 Å². The molecule has 108 valence electrons. The van der Waals surface area contributed by atoms with Gasteiger partial charge < -0.3 is 24.3 Å². The smallest absolute Gasteiger partial charge is 0.123 e. The van der Waals surface area contributed by atoms with Crippen LogP contribution in [0.2, 0.25) is 0 Å². The maximum absolute atomic E-state index is 5.37.